The minimum Gasteiger partial charge on any atom is -0.468 e. The van der Waals surface area contributed by atoms with Crippen LogP contribution >= 0.6 is 0 Å². The second-order valence-electron chi connectivity index (χ2n) is 4.98. The summed E-state index contributed by atoms with van der Waals surface area (Å²) >= 11 is 0. The number of ether oxygens (including phenoxy) is 1. The summed E-state index contributed by atoms with van der Waals surface area (Å²) in [5, 5.41) is 0. The lowest BCUT2D eigenvalue weighted by Gasteiger charge is -2.04. The molecule has 0 heterocycles. The molecule has 0 aliphatic rings. The first-order valence-corrected chi connectivity index (χ1v) is 6.82. The summed E-state index contributed by atoms with van der Waals surface area (Å²) in [5.74, 6) is 0.859. The fraction of sp³-hybridized carbons (Fsp3) is 0.929. The van der Waals surface area contributed by atoms with E-state index < -0.39 is 0 Å². The van der Waals surface area contributed by atoms with E-state index in [1.54, 1.807) is 0 Å². The van der Waals surface area contributed by atoms with E-state index >= 15 is 0 Å². The van der Waals surface area contributed by atoms with Crippen molar-refractivity contribution in [3.8, 4) is 0 Å². The molecule has 0 saturated heterocycles. The van der Waals surface area contributed by atoms with Crippen molar-refractivity contribution in [1.82, 2.24) is 0 Å². The lowest BCUT2D eigenvalue weighted by molar-refractivity contribution is -0.128. The highest BCUT2D eigenvalue weighted by Crippen LogP contribution is 2.12. The number of unbranched alkanes of at least 4 members (excludes halogenated alkanes) is 7. The third kappa shape index (κ3) is 13.5. The van der Waals surface area contributed by atoms with E-state index in [2.05, 4.69) is 18.6 Å². The number of carbonyl (C=O) groups excluding carboxylic acids is 1. The Bertz CT molecular complexity index is 144. The summed E-state index contributed by atoms with van der Waals surface area (Å²) in [5.41, 5.74) is 0. The molecule has 0 aromatic rings. The smallest absolute Gasteiger partial charge is 0.293 e. The predicted molar refractivity (Wildman–Crippen MR) is 68.4 cm³/mol. The molecular weight excluding hydrogens is 200 g/mol. The quantitative estimate of drug-likeness (QED) is 0.367. The molecule has 0 amide bonds. The van der Waals surface area contributed by atoms with Gasteiger partial charge in [-0.15, -0.1) is 0 Å². The van der Waals surface area contributed by atoms with Crippen LogP contribution in [0.15, 0.2) is 0 Å². The standard InChI is InChI=1S/C14H28O2/c1-14(2)11-9-7-5-3-4-6-8-10-12-16-13-15/h13-14H,3-12H2,1-2H3. The Balaban J connectivity index is 2.90. The van der Waals surface area contributed by atoms with Gasteiger partial charge < -0.3 is 4.74 Å². The molecule has 0 aliphatic heterocycles. The number of hydrogen-bond acceptors (Lipinski definition) is 2. The zero-order valence-corrected chi connectivity index (χ0v) is 11.0. The molecule has 0 bridgehead atoms. The second kappa shape index (κ2) is 12.5. The van der Waals surface area contributed by atoms with Crippen LogP contribution in [0.2, 0.25) is 0 Å². The van der Waals surface area contributed by atoms with Crippen LogP contribution in [0.5, 0.6) is 0 Å². The van der Waals surface area contributed by atoms with Gasteiger partial charge in [0, 0.05) is 0 Å². The Labute approximate surface area is 101 Å². The molecular formula is C14H28O2. The Morgan fingerprint density at radius 1 is 0.875 bits per heavy atom. The zero-order chi connectivity index (χ0) is 12.1. The lowest BCUT2D eigenvalue weighted by Crippen LogP contribution is -1.91. The Morgan fingerprint density at radius 3 is 1.88 bits per heavy atom. The maximum atomic E-state index is 9.87. The normalized spacial score (nSPS) is 10.7. The molecule has 0 rings (SSSR count). The predicted octanol–water partition coefficient (Wildman–Crippen LogP) is 4.33. The van der Waals surface area contributed by atoms with Gasteiger partial charge in [-0.2, -0.15) is 0 Å². The molecule has 0 fully saturated rings. The van der Waals surface area contributed by atoms with Crippen LogP contribution in [0, 0.1) is 5.92 Å². The summed E-state index contributed by atoms with van der Waals surface area (Å²) in [6.07, 6.45) is 11.8. The molecule has 0 aromatic carbocycles. The SMILES string of the molecule is CC(C)CCCCCCCCCCOC=O. The van der Waals surface area contributed by atoms with Crippen LogP contribution in [-0.2, 0) is 9.53 Å². The average molecular weight is 228 g/mol. The maximum Gasteiger partial charge on any atom is 0.293 e. The highest BCUT2D eigenvalue weighted by atomic mass is 16.5. The van der Waals surface area contributed by atoms with Gasteiger partial charge in [0.2, 0.25) is 0 Å². The first-order valence-electron chi connectivity index (χ1n) is 6.82. The van der Waals surface area contributed by atoms with Crippen molar-refractivity contribution in [2.45, 2.75) is 71.6 Å². The van der Waals surface area contributed by atoms with Crippen molar-refractivity contribution < 1.29 is 9.53 Å². The van der Waals surface area contributed by atoms with Crippen LogP contribution in [0.4, 0.5) is 0 Å². The van der Waals surface area contributed by atoms with Crippen molar-refractivity contribution in [3.05, 3.63) is 0 Å². The fourth-order valence-corrected chi connectivity index (χ4v) is 1.85. The van der Waals surface area contributed by atoms with Gasteiger partial charge in [-0.05, 0) is 12.3 Å². The van der Waals surface area contributed by atoms with Crippen LogP contribution in [-0.4, -0.2) is 13.1 Å². The molecule has 0 spiro atoms. The van der Waals surface area contributed by atoms with Crippen molar-refractivity contribution in [2.24, 2.45) is 5.92 Å². The monoisotopic (exact) mass is 228 g/mol. The van der Waals surface area contributed by atoms with Crippen molar-refractivity contribution >= 4 is 6.47 Å². The first-order chi connectivity index (χ1) is 7.77. The molecule has 0 N–H and O–H groups in total. The summed E-state index contributed by atoms with van der Waals surface area (Å²) in [6.45, 7) is 5.72. The molecule has 0 aromatic heterocycles. The highest BCUT2D eigenvalue weighted by Gasteiger charge is 1.95. The number of hydrogen-bond donors (Lipinski definition) is 0. The van der Waals surface area contributed by atoms with Gasteiger partial charge >= 0.3 is 0 Å². The van der Waals surface area contributed by atoms with Gasteiger partial charge in [0.05, 0.1) is 6.61 Å². The lowest BCUT2D eigenvalue weighted by atomic mass is 10.0. The largest absolute Gasteiger partial charge is 0.468 e. The van der Waals surface area contributed by atoms with Gasteiger partial charge in [-0.25, -0.2) is 0 Å². The summed E-state index contributed by atoms with van der Waals surface area (Å²) in [7, 11) is 0. The average Bonchev–Trinajstić information content (AvgIpc) is 2.25. The van der Waals surface area contributed by atoms with Crippen LogP contribution in [0.25, 0.3) is 0 Å². The van der Waals surface area contributed by atoms with E-state index in [-0.39, 0.29) is 0 Å². The number of rotatable bonds is 12. The maximum absolute atomic E-state index is 9.87. The molecule has 2 nitrogen and oxygen atoms in total. The molecule has 0 aliphatic carbocycles. The third-order valence-electron chi connectivity index (χ3n) is 2.86. The van der Waals surface area contributed by atoms with Crippen molar-refractivity contribution in [3.63, 3.8) is 0 Å². The van der Waals surface area contributed by atoms with Crippen LogP contribution < -0.4 is 0 Å². The second-order valence-corrected chi connectivity index (χ2v) is 4.98. The zero-order valence-electron chi connectivity index (χ0n) is 11.0. The first kappa shape index (κ1) is 15.5. The Morgan fingerprint density at radius 2 is 1.38 bits per heavy atom. The van der Waals surface area contributed by atoms with E-state index in [1.165, 1.54) is 51.4 Å². The molecule has 0 unspecified atom stereocenters. The Kier molecular flexibility index (Phi) is 12.1. The van der Waals surface area contributed by atoms with E-state index in [0.717, 1.165) is 12.3 Å². The minimum absolute atomic E-state index is 0.536. The van der Waals surface area contributed by atoms with Crippen molar-refractivity contribution in [1.29, 1.82) is 0 Å². The van der Waals surface area contributed by atoms with Crippen LogP contribution in [0.1, 0.15) is 71.6 Å². The van der Waals surface area contributed by atoms with E-state index in [4.69, 9.17) is 0 Å². The third-order valence-corrected chi connectivity index (χ3v) is 2.86. The van der Waals surface area contributed by atoms with Crippen molar-refractivity contribution in [2.75, 3.05) is 6.61 Å². The highest BCUT2D eigenvalue weighted by molar-refractivity contribution is 5.36. The van der Waals surface area contributed by atoms with Gasteiger partial charge in [0.25, 0.3) is 6.47 Å². The molecule has 96 valence electrons. The Hall–Kier alpha value is -0.530. The molecule has 0 saturated carbocycles. The molecule has 0 atom stereocenters. The van der Waals surface area contributed by atoms with Crippen LogP contribution in [0.3, 0.4) is 0 Å². The van der Waals surface area contributed by atoms with Gasteiger partial charge in [0.15, 0.2) is 0 Å². The molecule has 16 heavy (non-hydrogen) atoms. The van der Waals surface area contributed by atoms with E-state index in [1.807, 2.05) is 0 Å². The topological polar surface area (TPSA) is 26.3 Å². The fourth-order valence-electron chi connectivity index (χ4n) is 1.85. The summed E-state index contributed by atoms with van der Waals surface area (Å²) < 4.78 is 4.63. The van der Waals surface area contributed by atoms with Gasteiger partial charge in [-0.3, -0.25) is 4.79 Å². The van der Waals surface area contributed by atoms with E-state index in [0.29, 0.717) is 13.1 Å². The summed E-state index contributed by atoms with van der Waals surface area (Å²) in [4.78, 5) is 9.87. The molecule has 0 radical (unpaired) electrons. The summed E-state index contributed by atoms with van der Waals surface area (Å²) in [6, 6.07) is 0. The minimum atomic E-state index is 0.536. The molecule has 2 heteroatoms. The van der Waals surface area contributed by atoms with Gasteiger partial charge in [0.1, 0.15) is 0 Å². The van der Waals surface area contributed by atoms with Gasteiger partial charge in [-0.1, -0.05) is 65.2 Å². The number of carbonyl (C=O) groups is 1. The van der Waals surface area contributed by atoms with E-state index in [9.17, 15) is 4.79 Å².